The first-order valence-corrected chi connectivity index (χ1v) is 6.99. The molecule has 1 saturated heterocycles. The van der Waals surface area contributed by atoms with Crippen LogP contribution in [0.4, 0.5) is 0 Å². The average molecular weight is 251 g/mol. The van der Waals surface area contributed by atoms with Gasteiger partial charge in [-0.1, -0.05) is 6.92 Å². The van der Waals surface area contributed by atoms with Crippen molar-refractivity contribution in [1.29, 1.82) is 0 Å². The summed E-state index contributed by atoms with van der Waals surface area (Å²) >= 11 is 0. The first-order valence-electron chi connectivity index (χ1n) is 6.99. The first kappa shape index (κ1) is 13.6. The fourth-order valence-electron chi connectivity index (χ4n) is 2.60. The van der Waals surface area contributed by atoms with E-state index in [1.807, 2.05) is 18.0 Å². The van der Waals surface area contributed by atoms with Crippen molar-refractivity contribution in [1.82, 2.24) is 14.7 Å². The fourth-order valence-corrected chi connectivity index (χ4v) is 2.60. The van der Waals surface area contributed by atoms with Crippen molar-refractivity contribution in [3.05, 3.63) is 18.0 Å². The Morgan fingerprint density at radius 3 is 3.00 bits per heavy atom. The van der Waals surface area contributed by atoms with Crippen molar-refractivity contribution >= 4 is 0 Å². The Bertz CT molecular complexity index is 364. The molecule has 4 nitrogen and oxygen atoms in total. The van der Waals surface area contributed by atoms with E-state index in [1.165, 1.54) is 18.5 Å². The molecule has 0 radical (unpaired) electrons. The first-order chi connectivity index (χ1) is 8.72. The minimum absolute atomic E-state index is 0.400. The number of nitrogens with zero attached hydrogens (tertiary/aromatic N) is 3. The monoisotopic (exact) mass is 251 g/mol. The summed E-state index contributed by atoms with van der Waals surface area (Å²) in [4.78, 5) is 2.51. The largest absolute Gasteiger partial charge is 0.380 e. The Morgan fingerprint density at radius 2 is 2.33 bits per heavy atom. The van der Waals surface area contributed by atoms with Gasteiger partial charge in [0.05, 0.1) is 12.3 Å². The van der Waals surface area contributed by atoms with Crippen molar-refractivity contribution in [2.45, 2.75) is 39.3 Å². The molecule has 4 heteroatoms. The molecule has 1 fully saturated rings. The lowest BCUT2D eigenvalue weighted by Gasteiger charge is -2.36. The van der Waals surface area contributed by atoms with Crippen molar-refractivity contribution in [3.63, 3.8) is 0 Å². The molecule has 0 amide bonds. The van der Waals surface area contributed by atoms with E-state index in [4.69, 9.17) is 4.74 Å². The van der Waals surface area contributed by atoms with Crippen LogP contribution in [0.1, 0.15) is 25.8 Å². The highest BCUT2D eigenvalue weighted by Crippen LogP contribution is 2.19. The number of hydrogen-bond acceptors (Lipinski definition) is 3. The average Bonchev–Trinajstić information content (AvgIpc) is 2.86. The molecule has 2 atom stereocenters. The summed E-state index contributed by atoms with van der Waals surface area (Å²) in [6, 6.07) is 0. The summed E-state index contributed by atoms with van der Waals surface area (Å²) in [5, 5.41) is 4.32. The Morgan fingerprint density at radius 1 is 1.50 bits per heavy atom. The molecule has 0 saturated carbocycles. The van der Waals surface area contributed by atoms with Crippen molar-refractivity contribution in [2.24, 2.45) is 5.92 Å². The highest BCUT2D eigenvalue weighted by molar-refractivity contribution is 5.04. The number of aryl methyl sites for hydroxylation is 1. The zero-order chi connectivity index (χ0) is 13.0. The minimum Gasteiger partial charge on any atom is -0.380 e. The van der Waals surface area contributed by atoms with Crippen LogP contribution in [0, 0.1) is 5.92 Å². The molecule has 102 valence electrons. The van der Waals surface area contributed by atoms with Gasteiger partial charge in [0.15, 0.2) is 0 Å². The van der Waals surface area contributed by atoms with Crippen LogP contribution in [0.3, 0.4) is 0 Å². The lowest BCUT2D eigenvalue weighted by atomic mass is 9.95. The molecule has 1 aliphatic heterocycles. The van der Waals surface area contributed by atoms with E-state index < -0.39 is 0 Å². The topological polar surface area (TPSA) is 30.3 Å². The summed E-state index contributed by atoms with van der Waals surface area (Å²) in [6.45, 7) is 8.74. The van der Waals surface area contributed by atoms with Gasteiger partial charge < -0.3 is 9.64 Å². The van der Waals surface area contributed by atoms with Crippen LogP contribution < -0.4 is 0 Å². The molecule has 0 aliphatic carbocycles. The lowest BCUT2D eigenvalue weighted by Crippen LogP contribution is -2.44. The van der Waals surface area contributed by atoms with Crippen molar-refractivity contribution in [3.8, 4) is 0 Å². The number of likely N-dealkylation sites (tertiary alicyclic amines) is 1. The smallest absolute Gasteiger partial charge is 0.0724 e. The van der Waals surface area contributed by atoms with Gasteiger partial charge in [-0.15, -0.1) is 0 Å². The molecule has 2 rings (SSSR count). The minimum atomic E-state index is 0.400. The van der Waals surface area contributed by atoms with Gasteiger partial charge in [-0.05, 0) is 37.8 Å². The van der Waals surface area contributed by atoms with E-state index in [2.05, 4.69) is 30.0 Å². The number of aromatic nitrogens is 2. The van der Waals surface area contributed by atoms with E-state index in [0.717, 1.165) is 26.1 Å². The third-order valence-corrected chi connectivity index (χ3v) is 4.00. The van der Waals surface area contributed by atoms with Crippen LogP contribution in [0.5, 0.6) is 0 Å². The van der Waals surface area contributed by atoms with Crippen molar-refractivity contribution in [2.75, 3.05) is 26.7 Å². The highest BCUT2D eigenvalue weighted by Gasteiger charge is 2.25. The lowest BCUT2D eigenvalue weighted by molar-refractivity contribution is -0.00447. The van der Waals surface area contributed by atoms with Crippen LogP contribution >= 0.6 is 0 Å². The summed E-state index contributed by atoms with van der Waals surface area (Å²) in [6.07, 6.45) is 6.87. The Hall–Kier alpha value is -0.870. The molecular weight excluding hydrogens is 226 g/mol. The van der Waals surface area contributed by atoms with E-state index in [-0.39, 0.29) is 0 Å². The summed E-state index contributed by atoms with van der Waals surface area (Å²) < 4.78 is 7.54. The van der Waals surface area contributed by atoms with Crippen LogP contribution in [-0.2, 0) is 17.7 Å². The molecule has 0 spiro atoms. The molecule has 2 heterocycles. The maximum absolute atomic E-state index is 5.55. The molecule has 0 bridgehead atoms. The molecule has 1 aromatic heterocycles. The second-order valence-electron chi connectivity index (χ2n) is 5.29. The second kappa shape index (κ2) is 6.34. The summed E-state index contributed by atoms with van der Waals surface area (Å²) in [5.41, 5.74) is 1.34. The molecule has 0 N–H and O–H groups in total. The Labute approximate surface area is 110 Å². The normalized spacial score (nSPS) is 25.5. The van der Waals surface area contributed by atoms with Gasteiger partial charge in [0.25, 0.3) is 0 Å². The zero-order valence-electron chi connectivity index (χ0n) is 11.8. The van der Waals surface area contributed by atoms with Crippen molar-refractivity contribution < 1.29 is 4.74 Å². The maximum atomic E-state index is 5.55. The third kappa shape index (κ3) is 3.33. The molecular formula is C14H25N3O. The zero-order valence-corrected chi connectivity index (χ0v) is 11.8. The number of hydrogen-bond donors (Lipinski definition) is 0. The second-order valence-corrected chi connectivity index (χ2v) is 5.29. The van der Waals surface area contributed by atoms with Gasteiger partial charge in [-0.2, -0.15) is 5.10 Å². The Kier molecular flexibility index (Phi) is 4.78. The SMILES string of the molecule is CCn1cc(CCN2CC[C@@H](C)[C@@H](OC)C2)cn1. The molecule has 0 unspecified atom stereocenters. The van der Waals surface area contributed by atoms with E-state index >= 15 is 0 Å². The van der Waals surface area contributed by atoms with Crippen LogP contribution in [-0.4, -0.2) is 47.5 Å². The van der Waals surface area contributed by atoms with E-state index in [0.29, 0.717) is 12.0 Å². The van der Waals surface area contributed by atoms with Gasteiger partial charge >= 0.3 is 0 Å². The molecule has 18 heavy (non-hydrogen) atoms. The fraction of sp³-hybridized carbons (Fsp3) is 0.786. The predicted molar refractivity (Wildman–Crippen MR) is 72.6 cm³/mol. The van der Waals surface area contributed by atoms with Gasteiger partial charge in [-0.25, -0.2) is 0 Å². The molecule has 0 aromatic carbocycles. The van der Waals surface area contributed by atoms with E-state index in [1.54, 1.807) is 0 Å². The Balaban J connectivity index is 1.79. The summed E-state index contributed by atoms with van der Waals surface area (Å²) in [7, 11) is 1.83. The van der Waals surface area contributed by atoms with Gasteiger partial charge in [-0.3, -0.25) is 4.68 Å². The number of rotatable bonds is 5. The molecule has 1 aliphatic rings. The van der Waals surface area contributed by atoms with Crippen LogP contribution in [0.15, 0.2) is 12.4 Å². The quantitative estimate of drug-likeness (QED) is 0.799. The number of methoxy groups -OCH3 is 1. The standard InChI is InChI=1S/C14H25N3O/c1-4-17-10-13(9-15-17)6-8-16-7-5-12(2)14(11-16)18-3/h9-10,12,14H,4-8,11H2,1-3H3/t12-,14+/m1/s1. The predicted octanol–water partition coefficient (Wildman–Crippen LogP) is 1.80. The van der Waals surface area contributed by atoms with Gasteiger partial charge in [0.1, 0.15) is 0 Å². The number of piperidine rings is 1. The van der Waals surface area contributed by atoms with Gasteiger partial charge in [0.2, 0.25) is 0 Å². The van der Waals surface area contributed by atoms with E-state index in [9.17, 15) is 0 Å². The highest BCUT2D eigenvalue weighted by atomic mass is 16.5. The summed E-state index contributed by atoms with van der Waals surface area (Å²) in [5.74, 6) is 0.689. The maximum Gasteiger partial charge on any atom is 0.0724 e. The van der Waals surface area contributed by atoms with Crippen LogP contribution in [0.25, 0.3) is 0 Å². The van der Waals surface area contributed by atoms with Gasteiger partial charge in [0, 0.05) is 32.9 Å². The van der Waals surface area contributed by atoms with Crippen LogP contribution in [0.2, 0.25) is 0 Å². The number of ether oxygens (including phenoxy) is 1. The third-order valence-electron chi connectivity index (χ3n) is 4.00. The molecule has 1 aromatic rings.